The minimum Gasteiger partial charge on any atom is -0.309 e. The summed E-state index contributed by atoms with van der Waals surface area (Å²) in [5.41, 5.74) is 0.570. The molecule has 0 saturated carbocycles. The quantitative estimate of drug-likeness (QED) is 0.576. The third-order valence-electron chi connectivity index (χ3n) is 3.66. The molecule has 2 nitrogen and oxygen atoms in total. The molecule has 0 bridgehead atoms. The largest absolute Gasteiger partial charge is 0.309 e. The van der Waals surface area contributed by atoms with Crippen LogP contribution in [0.25, 0.3) is 0 Å². The van der Waals surface area contributed by atoms with Crippen LogP contribution in [-0.4, -0.2) is 11.5 Å². The number of nitrogens with one attached hydrogen (secondary N) is 1. The van der Waals surface area contributed by atoms with Crippen LogP contribution in [0, 0.1) is 5.82 Å². The van der Waals surface area contributed by atoms with Crippen molar-refractivity contribution in [3.05, 3.63) is 29.8 Å². The summed E-state index contributed by atoms with van der Waals surface area (Å²) in [7, 11) is 0. The molecule has 0 fully saturated rings. The lowest BCUT2D eigenvalue weighted by molar-refractivity contribution is 0.446. The Hall–Kier alpha value is -0.960. The van der Waals surface area contributed by atoms with E-state index in [4.69, 9.17) is 0 Å². The van der Waals surface area contributed by atoms with Gasteiger partial charge in [-0.2, -0.15) is 0 Å². The van der Waals surface area contributed by atoms with E-state index in [1.807, 2.05) is 0 Å². The Balaban J connectivity index is 2.31. The molecule has 0 saturated heterocycles. The molecule has 1 heterocycles. The van der Waals surface area contributed by atoms with Gasteiger partial charge >= 0.3 is 0 Å². The van der Waals surface area contributed by atoms with Crippen LogP contribution >= 0.6 is 0 Å². The van der Waals surface area contributed by atoms with Crippen molar-refractivity contribution in [1.29, 1.82) is 0 Å². The van der Waals surface area contributed by atoms with Crippen molar-refractivity contribution < 1.29 is 4.39 Å². The SMILES string of the molecule is CCCCCCCCCC(NCC)c1ncccc1F. The Bertz CT molecular complexity index is 355. The molecule has 3 heteroatoms. The van der Waals surface area contributed by atoms with E-state index in [1.54, 1.807) is 12.3 Å². The topological polar surface area (TPSA) is 24.9 Å². The van der Waals surface area contributed by atoms with Gasteiger partial charge in [0.1, 0.15) is 5.82 Å². The van der Waals surface area contributed by atoms with Gasteiger partial charge in [0, 0.05) is 6.20 Å². The molecule has 0 radical (unpaired) electrons. The molecule has 1 N–H and O–H groups in total. The van der Waals surface area contributed by atoms with Gasteiger partial charge < -0.3 is 5.32 Å². The first kappa shape index (κ1) is 17.1. The number of hydrogen-bond acceptors (Lipinski definition) is 2. The molecule has 1 aromatic rings. The number of hydrogen-bond donors (Lipinski definition) is 1. The normalized spacial score (nSPS) is 12.6. The molecule has 0 spiro atoms. The predicted molar refractivity (Wildman–Crippen MR) is 83.2 cm³/mol. The molecular formula is C17H29FN2. The fourth-order valence-electron chi connectivity index (χ4n) is 2.54. The Morgan fingerprint density at radius 2 is 1.80 bits per heavy atom. The van der Waals surface area contributed by atoms with Crippen molar-refractivity contribution in [2.45, 2.75) is 71.3 Å². The van der Waals surface area contributed by atoms with E-state index >= 15 is 0 Å². The Labute approximate surface area is 123 Å². The first-order chi connectivity index (χ1) is 9.79. The number of unbranched alkanes of at least 4 members (excludes halogenated alkanes) is 6. The number of aromatic nitrogens is 1. The lowest BCUT2D eigenvalue weighted by Crippen LogP contribution is -2.23. The minimum atomic E-state index is -0.193. The van der Waals surface area contributed by atoms with Crippen LogP contribution in [0.3, 0.4) is 0 Å². The molecule has 1 unspecified atom stereocenters. The van der Waals surface area contributed by atoms with Crippen molar-refractivity contribution in [3.63, 3.8) is 0 Å². The zero-order valence-corrected chi connectivity index (χ0v) is 13.0. The summed E-state index contributed by atoms with van der Waals surface area (Å²) in [4.78, 5) is 4.20. The predicted octanol–water partition coefficient (Wildman–Crippen LogP) is 5.01. The highest BCUT2D eigenvalue weighted by atomic mass is 19.1. The Morgan fingerprint density at radius 3 is 2.45 bits per heavy atom. The number of pyridine rings is 1. The molecule has 0 aliphatic carbocycles. The maximum absolute atomic E-state index is 13.8. The van der Waals surface area contributed by atoms with E-state index in [0.717, 1.165) is 19.4 Å². The van der Waals surface area contributed by atoms with Gasteiger partial charge in [-0.3, -0.25) is 4.98 Å². The summed E-state index contributed by atoms with van der Waals surface area (Å²) < 4.78 is 13.8. The monoisotopic (exact) mass is 280 g/mol. The van der Waals surface area contributed by atoms with Crippen molar-refractivity contribution in [2.75, 3.05) is 6.54 Å². The van der Waals surface area contributed by atoms with Crippen LogP contribution in [0.2, 0.25) is 0 Å². The fraction of sp³-hybridized carbons (Fsp3) is 0.706. The van der Waals surface area contributed by atoms with Crippen molar-refractivity contribution >= 4 is 0 Å². The first-order valence-electron chi connectivity index (χ1n) is 8.13. The third-order valence-corrected chi connectivity index (χ3v) is 3.66. The van der Waals surface area contributed by atoms with E-state index < -0.39 is 0 Å². The van der Waals surface area contributed by atoms with Crippen LogP contribution in [0.15, 0.2) is 18.3 Å². The Kier molecular flexibility index (Phi) is 9.22. The zero-order valence-electron chi connectivity index (χ0n) is 13.0. The highest BCUT2D eigenvalue weighted by Gasteiger charge is 2.15. The summed E-state index contributed by atoms with van der Waals surface area (Å²) in [5.74, 6) is -0.193. The lowest BCUT2D eigenvalue weighted by Gasteiger charge is -2.17. The van der Waals surface area contributed by atoms with Crippen molar-refractivity contribution in [3.8, 4) is 0 Å². The minimum absolute atomic E-state index is 0.0526. The van der Waals surface area contributed by atoms with Crippen LogP contribution in [0.4, 0.5) is 4.39 Å². The summed E-state index contributed by atoms with van der Waals surface area (Å²) >= 11 is 0. The maximum atomic E-state index is 13.8. The van der Waals surface area contributed by atoms with Crippen molar-refractivity contribution in [2.24, 2.45) is 0 Å². The van der Waals surface area contributed by atoms with Gasteiger partial charge in [-0.15, -0.1) is 0 Å². The smallest absolute Gasteiger partial charge is 0.146 e. The van der Waals surface area contributed by atoms with Crippen molar-refractivity contribution in [1.82, 2.24) is 10.3 Å². The van der Waals surface area contributed by atoms with E-state index in [1.165, 1.54) is 44.6 Å². The third kappa shape index (κ3) is 6.47. The van der Waals surface area contributed by atoms with E-state index in [2.05, 4.69) is 24.1 Å². The molecule has 0 amide bonds. The van der Waals surface area contributed by atoms with E-state index in [9.17, 15) is 4.39 Å². The summed E-state index contributed by atoms with van der Waals surface area (Å²) in [6.45, 7) is 5.14. The second kappa shape index (κ2) is 10.8. The molecule has 20 heavy (non-hydrogen) atoms. The maximum Gasteiger partial charge on any atom is 0.146 e. The van der Waals surface area contributed by atoms with E-state index in [0.29, 0.717) is 5.69 Å². The molecule has 1 rings (SSSR count). The fourth-order valence-corrected chi connectivity index (χ4v) is 2.54. The highest BCUT2D eigenvalue weighted by molar-refractivity contribution is 5.11. The summed E-state index contributed by atoms with van der Waals surface area (Å²) in [6.07, 6.45) is 11.6. The molecular weight excluding hydrogens is 251 g/mol. The molecule has 0 aliphatic heterocycles. The summed E-state index contributed by atoms with van der Waals surface area (Å²) in [5, 5.41) is 3.35. The first-order valence-corrected chi connectivity index (χ1v) is 8.13. The van der Waals surface area contributed by atoms with E-state index in [-0.39, 0.29) is 11.9 Å². The van der Waals surface area contributed by atoms with Gasteiger partial charge in [-0.25, -0.2) is 4.39 Å². The summed E-state index contributed by atoms with van der Waals surface area (Å²) in [6, 6.07) is 3.20. The van der Waals surface area contributed by atoms with Crippen LogP contribution in [0.1, 0.15) is 76.9 Å². The number of rotatable bonds is 11. The van der Waals surface area contributed by atoms with Gasteiger partial charge in [0.2, 0.25) is 0 Å². The molecule has 1 aromatic heterocycles. The average molecular weight is 280 g/mol. The highest BCUT2D eigenvalue weighted by Crippen LogP contribution is 2.21. The second-order valence-corrected chi connectivity index (χ2v) is 5.39. The van der Waals surface area contributed by atoms with Gasteiger partial charge in [-0.05, 0) is 25.1 Å². The molecule has 1 atom stereocenters. The molecule has 114 valence electrons. The lowest BCUT2D eigenvalue weighted by atomic mass is 10.0. The molecule has 0 aromatic carbocycles. The zero-order chi connectivity index (χ0) is 14.6. The number of halogens is 1. The number of nitrogens with zero attached hydrogens (tertiary/aromatic N) is 1. The van der Waals surface area contributed by atoms with Gasteiger partial charge in [0.25, 0.3) is 0 Å². The van der Waals surface area contributed by atoms with Crippen LogP contribution in [-0.2, 0) is 0 Å². The standard InChI is InChI=1S/C17H29FN2/c1-3-5-6-7-8-9-10-13-16(19-4-2)17-15(18)12-11-14-20-17/h11-12,14,16,19H,3-10,13H2,1-2H3. The average Bonchev–Trinajstić information content (AvgIpc) is 2.46. The second-order valence-electron chi connectivity index (χ2n) is 5.39. The Morgan fingerprint density at radius 1 is 1.10 bits per heavy atom. The molecule has 0 aliphatic rings. The van der Waals surface area contributed by atoms with Gasteiger partial charge in [0.05, 0.1) is 11.7 Å². The van der Waals surface area contributed by atoms with Crippen LogP contribution in [0.5, 0.6) is 0 Å². The van der Waals surface area contributed by atoms with Gasteiger partial charge in [-0.1, -0.05) is 58.8 Å². The van der Waals surface area contributed by atoms with Crippen LogP contribution < -0.4 is 5.32 Å². The van der Waals surface area contributed by atoms with Gasteiger partial charge in [0.15, 0.2) is 0 Å².